The molecule has 0 aliphatic carbocycles. The minimum absolute atomic E-state index is 0.198. The SMILES string of the molecule is CC(C)=C[C@@H](NC(=O)c1cc(Oc2ccccc2)ccc1CCC=O)c1cc(C)cc(C)c1. The summed E-state index contributed by atoms with van der Waals surface area (Å²) in [7, 11) is 0. The van der Waals surface area contributed by atoms with Gasteiger partial charge in [-0.3, -0.25) is 4.79 Å². The highest BCUT2D eigenvalue weighted by atomic mass is 16.5. The van der Waals surface area contributed by atoms with Crippen LogP contribution in [0.15, 0.2) is 78.4 Å². The van der Waals surface area contributed by atoms with Crippen LogP contribution in [0.1, 0.15) is 58.9 Å². The summed E-state index contributed by atoms with van der Waals surface area (Å²) in [4.78, 5) is 24.5. The highest BCUT2D eigenvalue weighted by Gasteiger charge is 2.18. The Hall–Kier alpha value is -3.66. The van der Waals surface area contributed by atoms with Gasteiger partial charge in [-0.15, -0.1) is 0 Å². The second-order valence-corrected chi connectivity index (χ2v) is 8.56. The number of ether oxygens (including phenoxy) is 1. The normalized spacial score (nSPS) is 11.4. The van der Waals surface area contributed by atoms with E-state index in [-0.39, 0.29) is 11.9 Å². The van der Waals surface area contributed by atoms with E-state index < -0.39 is 0 Å². The second-order valence-electron chi connectivity index (χ2n) is 8.56. The summed E-state index contributed by atoms with van der Waals surface area (Å²) in [6.07, 6.45) is 3.78. The molecule has 33 heavy (non-hydrogen) atoms. The monoisotopic (exact) mass is 441 g/mol. The van der Waals surface area contributed by atoms with Gasteiger partial charge in [0, 0.05) is 12.0 Å². The zero-order chi connectivity index (χ0) is 23.8. The molecule has 0 saturated carbocycles. The fourth-order valence-corrected chi connectivity index (χ4v) is 3.85. The van der Waals surface area contributed by atoms with Crippen molar-refractivity contribution in [3.8, 4) is 11.5 Å². The van der Waals surface area contributed by atoms with E-state index in [9.17, 15) is 9.59 Å². The molecule has 0 unspecified atom stereocenters. The summed E-state index contributed by atoms with van der Waals surface area (Å²) in [6.45, 7) is 8.15. The average Bonchev–Trinajstić information content (AvgIpc) is 2.77. The number of amides is 1. The van der Waals surface area contributed by atoms with Crippen LogP contribution < -0.4 is 10.1 Å². The lowest BCUT2D eigenvalue weighted by Gasteiger charge is -2.19. The van der Waals surface area contributed by atoms with Gasteiger partial charge in [-0.25, -0.2) is 0 Å². The van der Waals surface area contributed by atoms with E-state index >= 15 is 0 Å². The van der Waals surface area contributed by atoms with Gasteiger partial charge in [0.1, 0.15) is 17.8 Å². The third-order valence-corrected chi connectivity index (χ3v) is 5.23. The van der Waals surface area contributed by atoms with Gasteiger partial charge < -0.3 is 14.8 Å². The number of allylic oxidation sites excluding steroid dienone is 1. The van der Waals surface area contributed by atoms with E-state index in [1.807, 2.05) is 56.3 Å². The van der Waals surface area contributed by atoms with Crippen LogP contribution in [0.3, 0.4) is 0 Å². The lowest BCUT2D eigenvalue weighted by atomic mass is 9.98. The molecular formula is C29H31NO3. The van der Waals surface area contributed by atoms with Gasteiger partial charge in [-0.05, 0) is 69.5 Å². The highest BCUT2D eigenvalue weighted by molar-refractivity contribution is 5.96. The molecule has 0 saturated heterocycles. The molecule has 0 aliphatic heterocycles. The van der Waals surface area contributed by atoms with Gasteiger partial charge in [0.15, 0.2) is 0 Å². The molecular weight excluding hydrogens is 410 g/mol. The standard InChI is InChI=1S/C29H31NO3/c1-20(2)15-28(24-17-21(3)16-22(4)18-24)30-29(32)27-19-26(13-12-23(27)9-8-14-31)33-25-10-6-5-7-11-25/h5-7,10-19,28H,8-9H2,1-4H3,(H,30,32)/t28-/m1/s1. The van der Waals surface area contributed by atoms with Gasteiger partial charge in [0.05, 0.1) is 6.04 Å². The fourth-order valence-electron chi connectivity index (χ4n) is 3.85. The van der Waals surface area contributed by atoms with Crippen molar-refractivity contribution in [1.82, 2.24) is 5.32 Å². The number of rotatable bonds is 9. The third-order valence-electron chi connectivity index (χ3n) is 5.23. The van der Waals surface area contributed by atoms with Crippen LogP contribution >= 0.6 is 0 Å². The van der Waals surface area contributed by atoms with E-state index in [1.165, 1.54) is 0 Å². The third kappa shape index (κ3) is 6.91. The van der Waals surface area contributed by atoms with Crippen LogP contribution in [0.2, 0.25) is 0 Å². The molecule has 0 radical (unpaired) electrons. The van der Waals surface area contributed by atoms with Crippen molar-refractivity contribution in [1.29, 1.82) is 0 Å². The summed E-state index contributed by atoms with van der Waals surface area (Å²) in [5.74, 6) is 1.07. The lowest BCUT2D eigenvalue weighted by molar-refractivity contribution is -0.107. The summed E-state index contributed by atoms with van der Waals surface area (Å²) >= 11 is 0. The van der Waals surface area contributed by atoms with E-state index in [0.29, 0.717) is 29.9 Å². The van der Waals surface area contributed by atoms with Crippen LogP contribution in [0.4, 0.5) is 0 Å². The maximum absolute atomic E-state index is 13.5. The minimum atomic E-state index is -0.265. The van der Waals surface area contributed by atoms with Crippen LogP contribution in [0.25, 0.3) is 0 Å². The fraction of sp³-hybridized carbons (Fsp3) is 0.241. The molecule has 3 rings (SSSR count). The Kier molecular flexibility index (Phi) is 8.20. The van der Waals surface area contributed by atoms with Gasteiger partial charge in [0.2, 0.25) is 0 Å². The quantitative estimate of drug-likeness (QED) is 0.298. The van der Waals surface area contributed by atoms with Crippen molar-refractivity contribution in [2.45, 2.75) is 46.6 Å². The lowest BCUT2D eigenvalue weighted by Crippen LogP contribution is -2.28. The number of para-hydroxylation sites is 1. The average molecular weight is 442 g/mol. The molecule has 1 amide bonds. The van der Waals surface area contributed by atoms with Gasteiger partial charge in [-0.2, -0.15) is 0 Å². The first-order valence-electron chi connectivity index (χ1n) is 11.2. The first-order valence-corrected chi connectivity index (χ1v) is 11.2. The molecule has 1 atom stereocenters. The molecule has 3 aromatic carbocycles. The number of hydrogen-bond donors (Lipinski definition) is 1. The molecule has 0 fully saturated rings. The largest absolute Gasteiger partial charge is 0.457 e. The number of carbonyl (C=O) groups is 2. The first kappa shape index (κ1) is 24.0. The van der Waals surface area contributed by atoms with E-state index in [4.69, 9.17) is 4.74 Å². The number of hydrogen-bond acceptors (Lipinski definition) is 3. The first-order chi connectivity index (χ1) is 15.9. The van der Waals surface area contributed by atoms with Crippen molar-refractivity contribution in [3.05, 3.63) is 106 Å². The van der Waals surface area contributed by atoms with Crippen molar-refractivity contribution in [2.24, 2.45) is 0 Å². The Balaban J connectivity index is 1.95. The van der Waals surface area contributed by atoms with Crippen molar-refractivity contribution >= 4 is 12.2 Å². The maximum atomic E-state index is 13.5. The van der Waals surface area contributed by atoms with Crippen LogP contribution in [-0.2, 0) is 11.2 Å². The number of aryl methyl sites for hydroxylation is 3. The van der Waals surface area contributed by atoms with Crippen LogP contribution in [0.5, 0.6) is 11.5 Å². The van der Waals surface area contributed by atoms with E-state index in [0.717, 1.165) is 34.1 Å². The number of benzene rings is 3. The van der Waals surface area contributed by atoms with E-state index in [1.54, 1.807) is 6.07 Å². The molecule has 1 N–H and O–H groups in total. The van der Waals surface area contributed by atoms with Gasteiger partial charge in [-0.1, -0.05) is 65.2 Å². The topological polar surface area (TPSA) is 55.4 Å². The zero-order valence-electron chi connectivity index (χ0n) is 19.7. The van der Waals surface area contributed by atoms with Crippen molar-refractivity contribution in [2.75, 3.05) is 0 Å². The Morgan fingerprint density at radius 3 is 2.27 bits per heavy atom. The highest BCUT2D eigenvalue weighted by Crippen LogP contribution is 2.26. The number of carbonyl (C=O) groups excluding carboxylic acids is 2. The zero-order valence-corrected chi connectivity index (χ0v) is 19.7. The van der Waals surface area contributed by atoms with Crippen molar-refractivity contribution < 1.29 is 14.3 Å². The Labute approximate surface area is 196 Å². The Bertz CT molecular complexity index is 1120. The number of aldehydes is 1. The molecule has 0 aliphatic rings. The van der Waals surface area contributed by atoms with Crippen molar-refractivity contribution in [3.63, 3.8) is 0 Å². The molecule has 0 heterocycles. The molecule has 4 nitrogen and oxygen atoms in total. The molecule has 0 bridgehead atoms. The predicted octanol–water partition coefficient (Wildman–Crippen LogP) is 6.66. The molecule has 0 aromatic heterocycles. The van der Waals surface area contributed by atoms with E-state index in [2.05, 4.69) is 43.4 Å². The summed E-state index contributed by atoms with van der Waals surface area (Å²) in [5, 5.41) is 3.18. The number of nitrogens with one attached hydrogen (secondary N) is 1. The molecule has 4 heteroatoms. The predicted molar refractivity (Wildman–Crippen MR) is 133 cm³/mol. The second kappa shape index (κ2) is 11.3. The molecule has 3 aromatic rings. The summed E-state index contributed by atoms with van der Waals surface area (Å²) in [6, 6.07) is 20.9. The smallest absolute Gasteiger partial charge is 0.252 e. The Morgan fingerprint density at radius 1 is 0.939 bits per heavy atom. The van der Waals surface area contributed by atoms with Crippen LogP contribution in [0, 0.1) is 13.8 Å². The molecule has 170 valence electrons. The molecule has 0 spiro atoms. The Morgan fingerprint density at radius 2 is 1.64 bits per heavy atom. The summed E-state index contributed by atoms with van der Waals surface area (Å²) in [5.41, 5.74) is 5.78. The van der Waals surface area contributed by atoms with Crippen LogP contribution in [-0.4, -0.2) is 12.2 Å². The van der Waals surface area contributed by atoms with Gasteiger partial charge >= 0.3 is 0 Å². The van der Waals surface area contributed by atoms with Gasteiger partial charge in [0.25, 0.3) is 5.91 Å². The maximum Gasteiger partial charge on any atom is 0.252 e. The summed E-state index contributed by atoms with van der Waals surface area (Å²) < 4.78 is 5.95. The minimum Gasteiger partial charge on any atom is -0.457 e.